The molecule has 0 amide bonds. The zero-order valence-electron chi connectivity index (χ0n) is 11.6. The summed E-state index contributed by atoms with van der Waals surface area (Å²) in [6.07, 6.45) is 5.33. The zero-order chi connectivity index (χ0) is 15.0. The molecule has 0 radical (unpaired) electrons. The van der Waals surface area contributed by atoms with Gasteiger partial charge in [0.25, 0.3) is 5.56 Å². The lowest BCUT2D eigenvalue weighted by Crippen LogP contribution is -2.19. The van der Waals surface area contributed by atoms with E-state index < -0.39 is 0 Å². The van der Waals surface area contributed by atoms with Crippen LogP contribution in [0.5, 0.6) is 0 Å². The van der Waals surface area contributed by atoms with Crippen LogP contribution in [0.1, 0.15) is 11.3 Å². The maximum Gasteiger partial charge on any atom is 0.251 e. The first-order valence-electron chi connectivity index (χ1n) is 6.34. The Morgan fingerprint density at radius 2 is 2.14 bits per heavy atom. The van der Waals surface area contributed by atoms with Crippen molar-refractivity contribution in [3.63, 3.8) is 0 Å². The van der Waals surface area contributed by atoms with Crippen LogP contribution in [0.25, 0.3) is 11.3 Å². The number of rotatable bonds is 3. The average Bonchev–Trinajstić information content (AvgIpc) is 3.05. The normalized spacial score (nSPS) is 11.0. The molecule has 3 heterocycles. The predicted molar refractivity (Wildman–Crippen MR) is 80.9 cm³/mol. The molecular formula is C14H13BrN4O2. The van der Waals surface area contributed by atoms with Gasteiger partial charge < -0.3 is 9.09 Å². The van der Waals surface area contributed by atoms with Crippen LogP contribution in [0.4, 0.5) is 0 Å². The van der Waals surface area contributed by atoms with E-state index in [1.54, 1.807) is 27.7 Å². The second-order valence-electron chi connectivity index (χ2n) is 4.85. The van der Waals surface area contributed by atoms with E-state index in [-0.39, 0.29) is 5.56 Å². The molecule has 0 aliphatic carbocycles. The molecule has 108 valence electrons. The van der Waals surface area contributed by atoms with E-state index in [2.05, 4.69) is 26.2 Å². The second kappa shape index (κ2) is 5.33. The summed E-state index contributed by atoms with van der Waals surface area (Å²) < 4.78 is 9.45. The third kappa shape index (κ3) is 2.82. The monoisotopic (exact) mass is 348 g/mol. The standard InChI is InChI=1S/C14H13BrN4O2/c1-9-3-14(20)19(8-12(9)15)7-11-4-13(17-21-11)10-5-16-18(2)6-10/h3-6,8H,7H2,1-2H3. The third-order valence-corrected chi connectivity index (χ3v) is 3.98. The van der Waals surface area contributed by atoms with Crippen LogP contribution < -0.4 is 5.56 Å². The van der Waals surface area contributed by atoms with Gasteiger partial charge in [0.05, 0.1) is 12.7 Å². The molecule has 0 aromatic carbocycles. The van der Waals surface area contributed by atoms with Crippen molar-refractivity contribution in [3.05, 3.63) is 56.9 Å². The van der Waals surface area contributed by atoms with Crippen molar-refractivity contribution in [2.45, 2.75) is 13.5 Å². The maximum absolute atomic E-state index is 11.9. The van der Waals surface area contributed by atoms with Crippen LogP contribution in [0.3, 0.4) is 0 Å². The van der Waals surface area contributed by atoms with Crippen molar-refractivity contribution in [1.29, 1.82) is 0 Å². The van der Waals surface area contributed by atoms with Crippen LogP contribution in [0, 0.1) is 6.92 Å². The minimum absolute atomic E-state index is 0.0740. The van der Waals surface area contributed by atoms with Crippen molar-refractivity contribution in [2.75, 3.05) is 0 Å². The average molecular weight is 349 g/mol. The highest BCUT2D eigenvalue weighted by Crippen LogP contribution is 2.19. The van der Waals surface area contributed by atoms with Gasteiger partial charge in [0, 0.05) is 41.6 Å². The highest BCUT2D eigenvalue weighted by molar-refractivity contribution is 9.10. The fourth-order valence-electron chi connectivity index (χ4n) is 2.01. The molecule has 0 atom stereocenters. The number of pyridine rings is 1. The van der Waals surface area contributed by atoms with Gasteiger partial charge in [0.2, 0.25) is 0 Å². The van der Waals surface area contributed by atoms with E-state index in [4.69, 9.17) is 4.52 Å². The molecule has 21 heavy (non-hydrogen) atoms. The van der Waals surface area contributed by atoms with E-state index in [0.29, 0.717) is 18.0 Å². The lowest BCUT2D eigenvalue weighted by molar-refractivity contribution is 0.377. The molecule has 0 aliphatic rings. The van der Waals surface area contributed by atoms with Gasteiger partial charge >= 0.3 is 0 Å². The van der Waals surface area contributed by atoms with E-state index in [1.807, 2.05) is 26.2 Å². The van der Waals surface area contributed by atoms with Gasteiger partial charge in [-0.05, 0) is 28.4 Å². The minimum atomic E-state index is -0.0740. The fourth-order valence-corrected chi connectivity index (χ4v) is 2.37. The number of nitrogens with zero attached hydrogens (tertiary/aromatic N) is 4. The second-order valence-corrected chi connectivity index (χ2v) is 5.71. The first kappa shape index (κ1) is 13.8. The Morgan fingerprint density at radius 3 is 2.86 bits per heavy atom. The first-order valence-corrected chi connectivity index (χ1v) is 7.13. The summed E-state index contributed by atoms with van der Waals surface area (Å²) in [6.45, 7) is 2.22. The highest BCUT2D eigenvalue weighted by atomic mass is 79.9. The van der Waals surface area contributed by atoms with Crippen molar-refractivity contribution in [2.24, 2.45) is 7.05 Å². The van der Waals surface area contributed by atoms with E-state index in [0.717, 1.165) is 15.6 Å². The Labute approximate surface area is 129 Å². The minimum Gasteiger partial charge on any atom is -0.359 e. The Morgan fingerprint density at radius 1 is 1.33 bits per heavy atom. The summed E-state index contributed by atoms with van der Waals surface area (Å²) in [5.74, 6) is 0.617. The molecule has 6 nitrogen and oxygen atoms in total. The summed E-state index contributed by atoms with van der Waals surface area (Å²) >= 11 is 3.42. The van der Waals surface area contributed by atoms with Crippen LogP contribution in [-0.4, -0.2) is 19.5 Å². The first-order chi connectivity index (χ1) is 10.0. The zero-order valence-corrected chi connectivity index (χ0v) is 13.2. The SMILES string of the molecule is Cc1cc(=O)n(Cc2cc(-c3cnn(C)c3)no2)cc1Br. The van der Waals surface area contributed by atoms with Crippen molar-refractivity contribution in [3.8, 4) is 11.3 Å². The topological polar surface area (TPSA) is 65.8 Å². The largest absolute Gasteiger partial charge is 0.359 e. The number of hydrogen-bond donors (Lipinski definition) is 0. The summed E-state index contributed by atoms with van der Waals surface area (Å²) in [7, 11) is 1.84. The molecule has 0 aliphatic heterocycles. The molecule has 0 spiro atoms. The summed E-state index contributed by atoms with van der Waals surface area (Å²) in [4.78, 5) is 11.9. The van der Waals surface area contributed by atoms with Crippen LogP contribution in [0.2, 0.25) is 0 Å². The quantitative estimate of drug-likeness (QED) is 0.728. The Hall–Kier alpha value is -2.15. The van der Waals surface area contributed by atoms with Crippen LogP contribution in [0.15, 0.2) is 44.5 Å². The van der Waals surface area contributed by atoms with Crippen molar-refractivity contribution >= 4 is 15.9 Å². The van der Waals surface area contributed by atoms with Gasteiger partial charge in [0.15, 0.2) is 5.76 Å². The van der Waals surface area contributed by atoms with Crippen molar-refractivity contribution < 1.29 is 4.52 Å². The number of hydrogen-bond acceptors (Lipinski definition) is 4. The fraction of sp³-hybridized carbons (Fsp3) is 0.214. The van der Waals surface area contributed by atoms with Gasteiger partial charge in [0.1, 0.15) is 5.69 Å². The third-order valence-electron chi connectivity index (χ3n) is 3.15. The molecule has 3 rings (SSSR count). The summed E-state index contributed by atoms with van der Waals surface area (Å²) in [5, 5.41) is 8.11. The Kier molecular flexibility index (Phi) is 3.50. The molecular weight excluding hydrogens is 336 g/mol. The smallest absolute Gasteiger partial charge is 0.251 e. The molecule has 0 saturated carbocycles. The van der Waals surface area contributed by atoms with Gasteiger partial charge in [-0.3, -0.25) is 9.48 Å². The summed E-state index contributed by atoms with van der Waals surface area (Å²) in [5.41, 5.74) is 2.42. The molecule has 0 saturated heterocycles. The number of aromatic nitrogens is 4. The maximum atomic E-state index is 11.9. The molecule has 7 heteroatoms. The lowest BCUT2D eigenvalue weighted by atomic mass is 10.2. The van der Waals surface area contributed by atoms with E-state index in [9.17, 15) is 4.79 Å². The molecule has 0 N–H and O–H groups in total. The molecule has 0 fully saturated rings. The summed E-state index contributed by atoms with van der Waals surface area (Å²) in [6, 6.07) is 3.40. The molecule has 0 bridgehead atoms. The van der Waals surface area contributed by atoms with E-state index in [1.165, 1.54) is 0 Å². The van der Waals surface area contributed by atoms with Crippen LogP contribution in [-0.2, 0) is 13.6 Å². The lowest BCUT2D eigenvalue weighted by Gasteiger charge is -2.04. The molecule has 0 unspecified atom stereocenters. The van der Waals surface area contributed by atoms with Gasteiger partial charge in [-0.1, -0.05) is 5.16 Å². The number of aryl methyl sites for hydroxylation is 2. The van der Waals surface area contributed by atoms with E-state index >= 15 is 0 Å². The van der Waals surface area contributed by atoms with Crippen molar-refractivity contribution in [1.82, 2.24) is 19.5 Å². The predicted octanol–water partition coefficient (Wildman–Crippen LogP) is 2.36. The number of halogens is 1. The Bertz CT molecular complexity index is 847. The highest BCUT2D eigenvalue weighted by Gasteiger charge is 2.10. The molecule has 3 aromatic heterocycles. The van der Waals surface area contributed by atoms with Gasteiger partial charge in [-0.15, -0.1) is 0 Å². The van der Waals surface area contributed by atoms with Gasteiger partial charge in [-0.25, -0.2) is 0 Å². The van der Waals surface area contributed by atoms with Crippen LogP contribution >= 0.6 is 15.9 Å². The molecule has 3 aromatic rings. The van der Waals surface area contributed by atoms with Gasteiger partial charge in [-0.2, -0.15) is 5.10 Å². The Balaban J connectivity index is 1.88.